The van der Waals surface area contributed by atoms with Crippen molar-refractivity contribution >= 4 is 21.9 Å². The third-order valence-electron chi connectivity index (χ3n) is 4.79. The van der Waals surface area contributed by atoms with Crippen molar-refractivity contribution in [2.75, 3.05) is 53.0 Å². The molecule has 1 fully saturated rings. The number of amides is 1. The highest BCUT2D eigenvalue weighted by Crippen LogP contribution is 2.21. The number of hydrogen-bond acceptors (Lipinski definition) is 6. The molecule has 188 valence electrons. The van der Waals surface area contributed by atoms with Gasteiger partial charge in [-0.15, -0.1) is 0 Å². The average Bonchev–Trinajstić information content (AvgIpc) is 2.75. The Kier molecular flexibility index (Phi) is 11.2. The Hall–Kier alpha value is -2.22. The van der Waals surface area contributed by atoms with E-state index >= 15 is 0 Å². The van der Waals surface area contributed by atoms with Crippen LogP contribution in [-0.4, -0.2) is 93.8 Å². The second-order valence-corrected chi connectivity index (χ2v) is 9.26. The van der Waals surface area contributed by atoms with Crippen LogP contribution in [0.25, 0.3) is 0 Å². The molecule has 0 atom stereocenters. The van der Waals surface area contributed by atoms with Crippen molar-refractivity contribution in [1.82, 2.24) is 14.5 Å². The highest BCUT2D eigenvalue weighted by molar-refractivity contribution is 7.89. The number of ether oxygens (including phenoxy) is 1. The predicted molar refractivity (Wildman–Crippen MR) is 114 cm³/mol. The summed E-state index contributed by atoms with van der Waals surface area (Å²) in [6.45, 7) is 7.20. The number of carboxylic acid groups (broad SMARTS) is 1. The molecule has 2 N–H and O–H groups in total. The molecule has 0 radical (unpaired) electrons. The van der Waals surface area contributed by atoms with Crippen molar-refractivity contribution in [1.29, 1.82) is 0 Å². The second-order valence-electron chi connectivity index (χ2n) is 7.35. The van der Waals surface area contributed by atoms with E-state index in [2.05, 4.69) is 5.32 Å². The van der Waals surface area contributed by atoms with E-state index in [-0.39, 0.29) is 32.0 Å². The Morgan fingerprint density at radius 3 is 2.27 bits per heavy atom. The number of aryl methyl sites for hydroxylation is 2. The second kappa shape index (κ2) is 12.9. The summed E-state index contributed by atoms with van der Waals surface area (Å²) in [5.41, 5.74) is 1.59. The maximum Gasteiger partial charge on any atom is 0.490 e. The zero-order chi connectivity index (χ0) is 25.2. The summed E-state index contributed by atoms with van der Waals surface area (Å²) in [5.74, 6) is -2.77. The topological polar surface area (TPSA) is 116 Å². The molecule has 2 rings (SSSR count). The Morgan fingerprint density at radius 1 is 1.18 bits per heavy atom. The molecule has 0 bridgehead atoms. The Balaban J connectivity index is 0.000000675. The lowest BCUT2D eigenvalue weighted by Crippen LogP contribution is -2.47. The first-order valence-electron chi connectivity index (χ1n) is 10.2. The van der Waals surface area contributed by atoms with E-state index in [9.17, 15) is 26.4 Å². The first-order valence-corrected chi connectivity index (χ1v) is 11.6. The van der Waals surface area contributed by atoms with Gasteiger partial charge < -0.3 is 20.1 Å². The zero-order valence-electron chi connectivity index (χ0n) is 18.8. The molecule has 0 spiro atoms. The summed E-state index contributed by atoms with van der Waals surface area (Å²) in [6, 6.07) is 5.38. The van der Waals surface area contributed by atoms with E-state index < -0.39 is 22.2 Å². The van der Waals surface area contributed by atoms with Gasteiger partial charge in [0.2, 0.25) is 15.9 Å². The number of sulfonamides is 1. The fourth-order valence-corrected chi connectivity index (χ4v) is 4.70. The van der Waals surface area contributed by atoms with E-state index in [4.69, 9.17) is 14.6 Å². The number of benzene rings is 1. The number of rotatable bonds is 8. The smallest absolute Gasteiger partial charge is 0.475 e. The van der Waals surface area contributed by atoms with Crippen LogP contribution in [0.2, 0.25) is 0 Å². The molecule has 1 aliphatic heterocycles. The van der Waals surface area contributed by atoms with Crippen molar-refractivity contribution in [3.63, 3.8) is 0 Å². The molecule has 1 heterocycles. The van der Waals surface area contributed by atoms with Crippen molar-refractivity contribution in [2.24, 2.45) is 0 Å². The molecule has 1 amide bonds. The minimum Gasteiger partial charge on any atom is -0.475 e. The molecule has 1 aromatic rings. The fourth-order valence-electron chi connectivity index (χ4n) is 2.96. The number of carbonyl (C=O) groups excluding carboxylic acids is 1. The maximum atomic E-state index is 13.1. The average molecular weight is 498 g/mol. The molecule has 0 aromatic heterocycles. The lowest BCUT2D eigenvalue weighted by molar-refractivity contribution is -0.192. The van der Waals surface area contributed by atoms with Crippen LogP contribution in [0.5, 0.6) is 0 Å². The number of aliphatic carboxylic acids is 1. The number of hydrogen-bond donors (Lipinski definition) is 2. The van der Waals surface area contributed by atoms with Gasteiger partial charge in [-0.25, -0.2) is 13.2 Å². The molecule has 33 heavy (non-hydrogen) atoms. The summed E-state index contributed by atoms with van der Waals surface area (Å²) in [5, 5.41) is 10.3. The van der Waals surface area contributed by atoms with Gasteiger partial charge in [-0.1, -0.05) is 12.1 Å². The van der Waals surface area contributed by atoms with Crippen molar-refractivity contribution in [3.8, 4) is 0 Å². The van der Waals surface area contributed by atoms with Gasteiger partial charge in [0.1, 0.15) is 0 Å². The van der Waals surface area contributed by atoms with Gasteiger partial charge in [0, 0.05) is 52.8 Å². The lowest BCUT2D eigenvalue weighted by atomic mass is 10.2. The van der Waals surface area contributed by atoms with Crippen molar-refractivity contribution in [3.05, 3.63) is 29.3 Å². The van der Waals surface area contributed by atoms with Crippen LogP contribution in [-0.2, 0) is 24.3 Å². The van der Waals surface area contributed by atoms with E-state index in [1.54, 1.807) is 17.9 Å². The standard InChI is InChI=1S/C18H29N3O4S.C2HF3O2/c1-15-4-5-16(2)17(14-15)26(23,24)21(12-13-25-3)9-6-18(22)20-10-7-19-8-11-20;3-2(4,5)1(6)7/h4-5,14,19H,6-13H2,1-3H3;(H,6,7). The molecule has 9 nitrogen and oxygen atoms in total. The molecule has 13 heteroatoms. The van der Waals surface area contributed by atoms with Crippen LogP contribution in [0.15, 0.2) is 23.1 Å². The fraction of sp³-hybridized carbons (Fsp3) is 0.600. The number of piperazine rings is 1. The van der Waals surface area contributed by atoms with Crippen molar-refractivity contribution < 1.29 is 41.0 Å². The predicted octanol–water partition coefficient (Wildman–Crippen LogP) is 1.40. The van der Waals surface area contributed by atoms with Crippen LogP contribution in [0, 0.1) is 13.8 Å². The van der Waals surface area contributed by atoms with Gasteiger partial charge in [-0.05, 0) is 31.0 Å². The quantitative estimate of drug-likeness (QED) is 0.558. The number of carboxylic acids is 1. The van der Waals surface area contributed by atoms with Gasteiger partial charge in [0.05, 0.1) is 11.5 Å². The summed E-state index contributed by atoms with van der Waals surface area (Å²) >= 11 is 0. The molecule has 1 saturated heterocycles. The van der Waals surface area contributed by atoms with E-state index in [0.29, 0.717) is 23.5 Å². The Labute approximate surface area is 191 Å². The highest BCUT2D eigenvalue weighted by atomic mass is 32.2. The molecule has 1 aromatic carbocycles. The van der Waals surface area contributed by atoms with Crippen LogP contribution >= 0.6 is 0 Å². The largest absolute Gasteiger partial charge is 0.490 e. The first kappa shape index (κ1) is 28.8. The highest BCUT2D eigenvalue weighted by Gasteiger charge is 2.38. The molecule has 0 aliphatic carbocycles. The number of alkyl halides is 3. The van der Waals surface area contributed by atoms with Gasteiger partial charge in [0.25, 0.3) is 0 Å². The Bertz CT molecular complexity index is 903. The third kappa shape index (κ3) is 9.27. The third-order valence-corrected chi connectivity index (χ3v) is 6.83. The van der Waals surface area contributed by atoms with Gasteiger partial charge in [-0.2, -0.15) is 17.5 Å². The van der Waals surface area contributed by atoms with E-state index in [1.165, 1.54) is 11.4 Å². The van der Waals surface area contributed by atoms with E-state index in [1.807, 2.05) is 19.1 Å². The number of halogens is 3. The summed E-state index contributed by atoms with van der Waals surface area (Å²) in [4.78, 5) is 23.4. The van der Waals surface area contributed by atoms with Crippen LogP contribution in [0.4, 0.5) is 13.2 Å². The van der Waals surface area contributed by atoms with Crippen LogP contribution in [0.1, 0.15) is 17.5 Å². The van der Waals surface area contributed by atoms with E-state index in [0.717, 1.165) is 18.7 Å². The van der Waals surface area contributed by atoms with Gasteiger partial charge >= 0.3 is 12.1 Å². The lowest BCUT2D eigenvalue weighted by Gasteiger charge is -2.29. The number of methoxy groups -OCH3 is 1. The van der Waals surface area contributed by atoms with Crippen molar-refractivity contribution in [2.45, 2.75) is 31.3 Å². The molecular formula is C20H30F3N3O6S. The number of carbonyl (C=O) groups is 2. The summed E-state index contributed by atoms with van der Waals surface area (Å²) in [6.07, 6.45) is -4.91. The first-order chi connectivity index (χ1) is 15.3. The van der Waals surface area contributed by atoms with Gasteiger partial charge in [-0.3, -0.25) is 4.79 Å². The molecule has 1 aliphatic rings. The SMILES string of the molecule is COCCN(CCC(=O)N1CCNCC1)S(=O)(=O)c1cc(C)ccc1C.O=C(O)C(F)(F)F. The minimum atomic E-state index is -5.08. The molecule has 0 saturated carbocycles. The Morgan fingerprint density at radius 2 is 1.76 bits per heavy atom. The zero-order valence-corrected chi connectivity index (χ0v) is 19.6. The van der Waals surface area contributed by atoms with Crippen LogP contribution in [0.3, 0.4) is 0 Å². The number of nitrogens with zero attached hydrogens (tertiary/aromatic N) is 2. The normalized spacial score (nSPS) is 14.6. The maximum absolute atomic E-state index is 13.1. The summed E-state index contributed by atoms with van der Waals surface area (Å²) in [7, 11) is -2.15. The minimum absolute atomic E-state index is 0.00918. The molecule has 0 unspecified atom stereocenters. The monoisotopic (exact) mass is 497 g/mol. The van der Waals surface area contributed by atoms with Crippen LogP contribution < -0.4 is 5.32 Å². The summed E-state index contributed by atoms with van der Waals surface area (Å²) < 4.78 is 64.4. The number of nitrogens with one attached hydrogen (secondary N) is 1. The van der Waals surface area contributed by atoms with Gasteiger partial charge in [0.15, 0.2) is 0 Å². The molecular weight excluding hydrogens is 467 g/mol.